The minimum Gasteiger partial charge on any atom is -0.432 e. The molecule has 0 bridgehead atoms. The van der Waals surface area contributed by atoms with Crippen LogP contribution in [-0.2, 0) is 14.3 Å². The molecule has 0 spiro atoms. The smallest absolute Gasteiger partial charge is 0.315 e. The normalized spacial score (nSPS) is 56.1. The molecule has 6 aliphatic rings. The van der Waals surface area contributed by atoms with E-state index in [9.17, 15) is 50.8 Å². The van der Waals surface area contributed by atoms with Gasteiger partial charge in [0.05, 0.1) is 43.0 Å². The molecule has 17 atom stereocenters. The monoisotopic (exact) mass is 682 g/mol. The number of fused-ring (bicyclic) bond motifs is 7. The number of ether oxygens (including phenoxy) is 2. The zero-order valence-electron chi connectivity index (χ0n) is 29.1. The molecule has 17 unspecified atom stereocenters. The van der Waals surface area contributed by atoms with Crippen LogP contribution in [0.25, 0.3) is 0 Å². The molecule has 1 aliphatic heterocycles. The van der Waals surface area contributed by atoms with Crippen LogP contribution < -0.4 is 0 Å². The van der Waals surface area contributed by atoms with E-state index in [1.165, 1.54) is 0 Å². The average molecular weight is 683 g/mol. The quantitative estimate of drug-likeness (QED) is 0.145. The van der Waals surface area contributed by atoms with Gasteiger partial charge < -0.3 is 55.4 Å². The summed E-state index contributed by atoms with van der Waals surface area (Å²) >= 11 is 0. The third-order valence-corrected chi connectivity index (χ3v) is 15.3. The number of hydrogen-bond acceptors (Lipinski definition) is 12. The molecule has 48 heavy (non-hydrogen) atoms. The summed E-state index contributed by atoms with van der Waals surface area (Å²) in [4.78, 5) is 14.4. The van der Waals surface area contributed by atoms with Gasteiger partial charge in [-0.2, -0.15) is 0 Å². The van der Waals surface area contributed by atoms with Crippen LogP contribution in [0.15, 0.2) is 11.6 Å². The average Bonchev–Trinajstić information content (AvgIpc) is 3.02. The fraction of sp³-hybridized carbons (Fsp3) is 0.917. The van der Waals surface area contributed by atoms with Gasteiger partial charge in [0.25, 0.3) is 0 Å². The zero-order chi connectivity index (χ0) is 35.6. The molecule has 0 amide bonds. The van der Waals surface area contributed by atoms with E-state index in [4.69, 9.17) is 9.47 Å². The highest BCUT2D eigenvalue weighted by molar-refractivity contribution is 5.79. The van der Waals surface area contributed by atoms with Gasteiger partial charge in [0.2, 0.25) is 6.29 Å². The van der Waals surface area contributed by atoms with Crippen molar-refractivity contribution in [3.05, 3.63) is 11.6 Å². The summed E-state index contributed by atoms with van der Waals surface area (Å²) in [5.41, 5.74) is -3.71. The van der Waals surface area contributed by atoms with Crippen LogP contribution in [0.5, 0.6) is 0 Å². The van der Waals surface area contributed by atoms with E-state index in [1.54, 1.807) is 6.92 Å². The molecule has 1 saturated heterocycles. The molecule has 0 aromatic heterocycles. The number of allylic oxidation sites excluding steroid dienone is 1. The number of carbonyl (C=O) groups is 1. The van der Waals surface area contributed by atoms with Gasteiger partial charge in [0.1, 0.15) is 24.4 Å². The highest BCUT2D eigenvalue weighted by atomic mass is 16.7. The summed E-state index contributed by atoms with van der Waals surface area (Å²) in [5, 5.41) is 98.0. The predicted molar refractivity (Wildman–Crippen MR) is 170 cm³/mol. The lowest BCUT2D eigenvalue weighted by atomic mass is 9.32. The molecule has 0 aromatic rings. The Morgan fingerprint density at radius 3 is 2.10 bits per heavy atom. The third kappa shape index (κ3) is 4.66. The van der Waals surface area contributed by atoms with Crippen molar-refractivity contribution in [2.75, 3.05) is 13.2 Å². The van der Waals surface area contributed by atoms with Crippen LogP contribution in [0.4, 0.5) is 0 Å². The minimum atomic E-state index is -1.75. The van der Waals surface area contributed by atoms with Crippen LogP contribution in [-0.4, -0.2) is 120 Å². The molecule has 5 fully saturated rings. The van der Waals surface area contributed by atoms with E-state index in [1.807, 2.05) is 13.8 Å². The van der Waals surface area contributed by atoms with E-state index in [0.29, 0.717) is 38.5 Å². The first kappa shape index (κ1) is 36.6. The van der Waals surface area contributed by atoms with Crippen molar-refractivity contribution >= 4 is 5.97 Å². The van der Waals surface area contributed by atoms with Gasteiger partial charge in [0.15, 0.2) is 0 Å². The zero-order valence-corrected chi connectivity index (χ0v) is 29.1. The van der Waals surface area contributed by atoms with E-state index in [0.717, 1.165) is 5.57 Å². The largest absolute Gasteiger partial charge is 0.432 e. The van der Waals surface area contributed by atoms with Gasteiger partial charge >= 0.3 is 5.97 Å². The molecule has 4 saturated carbocycles. The lowest BCUT2D eigenvalue weighted by Crippen LogP contribution is -2.72. The first-order valence-corrected chi connectivity index (χ1v) is 17.8. The lowest BCUT2D eigenvalue weighted by Gasteiger charge is -2.72. The molecule has 0 radical (unpaired) electrons. The maximum atomic E-state index is 14.4. The van der Waals surface area contributed by atoms with Crippen LogP contribution in [0.1, 0.15) is 86.5 Å². The van der Waals surface area contributed by atoms with Gasteiger partial charge in [-0.3, -0.25) is 4.79 Å². The molecule has 12 nitrogen and oxygen atoms in total. The molecule has 12 heteroatoms. The Hall–Kier alpha value is -1.19. The van der Waals surface area contributed by atoms with Gasteiger partial charge in [-0.25, -0.2) is 0 Å². The third-order valence-electron chi connectivity index (χ3n) is 15.3. The van der Waals surface area contributed by atoms with E-state index < -0.39 is 112 Å². The van der Waals surface area contributed by atoms with Crippen molar-refractivity contribution in [1.29, 1.82) is 0 Å². The van der Waals surface area contributed by atoms with E-state index in [2.05, 4.69) is 26.8 Å². The minimum absolute atomic E-state index is 0.0533. The summed E-state index contributed by atoms with van der Waals surface area (Å²) in [6.45, 7) is 11.0. The van der Waals surface area contributed by atoms with Crippen molar-refractivity contribution in [2.45, 2.75) is 142 Å². The fourth-order valence-electron chi connectivity index (χ4n) is 12.3. The predicted octanol–water partition coefficient (Wildman–Crippen LogP) is 0.377. The molecule has 1 heterocycles. The second kappa shape index (κ2) is 11.7. The van der Waals surface area contributed by atoms with Crippen molar-refractivity contribution < 1.29 is 60.2 Å². The SMILES string of the molecule is CC1(C)CCC2(C(=O)OC3OC(CO)C(O)C(O)C3O)CCC3(C)C(=CCC4C5(C)CC(O)C(O)C(C)(CO)C5C(O)CC43C)C2C1O. The van der Waals surface area contributed by atoms with E-state index >= 15 is 0 Å². The Kier molecular flexibility index (Phi) is 8.89. The highest BCUT2D eigenvalue weighted by Gasteiger charge is 2.73. The van der Waals surface area contributed by atoms with Crippen molar-refractivity contribution in [2.24, 2.45) is 50.2 Å². The summed E-state index contributed by atoms with van der Waals surface area (Å²) in [6.07, 6.45) is -6.92. The van der Waals surface area contributed by atoms with E-state index in [-0.39, 0.29) is 18.9 Å². The standard InChI is InChI=1S/C36H58O12/c1-31(2)9-11-36(30(46)48-29-25(43)24(42)23(41)20(15-37)47-29)12-10-34(5)17(22(36)28(31)45)7-8-21-32(3)13-19(40)27(44)33(4,16-38)26(32)18(39)14-35(21,34)6/h7,18-29,37-45H,8-16H2,1-6H3. The van der Waals surface area contributed by atoms with Crippen molar-refractivity contribution in [3.8, 4) is 0 Å². The molecule has 0 aromatic carbocycles. The summed E-state index contributed by atoms with van der Waals surface area (Å²) in [7, 11) is 0. The maximum absolute atomic E-state index is 14.4. The summed E-state index contributed by atoms with van der Waals surface area (Å²) < 4.78 is 11.4. The van der Waals surface area contributed by atoms with Crippen molar-refractivity contribution in [1.82, 2.24) is 0 Å². The van der Waals surface area contributed by atoms with Gasteiger partial charge in [-0.1, -0.05) is 53.2 Å². The number of carbonyl (C=O) groups excluding carboxylic acids is 1. The van der Waals surface area contributed by atoms with Crippen LogP contribution >= 0.6 is 0 Å². The fourth-order valence-corrected chi connectivity index (χ4v) is 12.3. The molecule has 9 N–H and O–H groups in total. The number of aliphatic hydroxyl groups excluding tert-OH is 9. The van der Waals surface area contributed by atoms with Crippen molar-refractivity contribution in [3.63, 3.8) is 0 Å². The van der Waals surface area contributed by atoms with Crippen LogP contribution in [0, 0.1) is 50.2 Å². The Morgan fingerprint density at radius 2 is 1.48 bits per heavy atom. The van der Waals surface area contributed by atoms with Gasteiger partial charge in [-0.15, -0.1) is 0 Å². The van der Waals surface area contributed by atoms with Crippen LogP contribution in [0.3, 0.4) is 0 Å². The number of rotatable bonds is 4. The second-order valence-corrected chi connectivity index (χ2v) is 18.0. The number of esters is 1. The molecular weight excluding hydrogens is 624 g/mol. The number of aliphatic hydroxyl groups is 9. The molecule has 274 valence electrons. The molecule has 6 rings (SSSR count). The highest BCUT2D eigenvalue weighted by Crippen LogP contribution is 2.75. The van der Waals surface area contributed by atoms with Gasteiger partial charge in [-0.05, 0) is 72.5 Å². The Balaban J connectivity index is 1.41. The summed E-state index contributed by atoms with van der Waals surface area (Å²) in [6, 6.07) is 0. The Labute approximate surface area is 282 Å². The number of hydrogen-bond donors (Lipinski definition) is 9. The van der Waals surface area contributed by atoms with Crippen LogP contribution in [0.2, 0.25) is 0 Å². The Bertz CT molecular complexity index is 1300. The first-order chi connectivity index (χ1) is 22.2. The Morgan fingerprint density at radius 1 is 0.833 bits per heavy atom. The first-order valence-electron chi connectivity index (χ1n) is 17.8. The second-order valence-electron chi connectivity index (χ2n) is 18.0. The molecule has 5 aliphatic carbocycles. The maximum Gasteiger partial charge on any atom is 0.315 e. The summed E-state index contributed by atoms with van der Waals surface area (Å²) in [5.74, 6) is -1.87. The topological polar surface area (TPSA) is 218 Å². The van der Waals surface area contributed by atoms with Gasteiger partial charge in [0, 0.05) is 17.3 Å². The molecular formula is C36H58O12. The lowest BCUT2D eigenvalue weighted by molar-refractivity contribution is -0.299.